The summed E-state index contributed by atoms with van der Waals surface area (Å²) in [5, 5.41) is 11.0. The van der Waals surface area contributed by atoms with Gasteiger partial charge in [-0.2, -0.15) is 5.10 Å². The predicted octanol–water partition coefficient (Wildman–Crippen LogP) is 4.71. The number of hydrogen-bond acceptors (Lipinski definition) is 5. The van der Waals surface area contributed by atoms with Crippen molar-refractivity contribution in [2.75, 3.05) is 18.0 Å². The number of anilines is 1. The molecular formula is C20H21ClN6S. The average Bonchev–Trinajstić information content (AvgIpc) is 3.43. The molecule has 3 aromatic heterocycles. The van der Waals surface area contributed by atoms with E-state index < -0.39 is 0 Å². The first kappa shape index (κ1) is 17.7. The molecule has 1 fully saturated rings. The van der Waals surface area contributed by atoms with E-state index in [1.54, 1.807) is 11.3 Å². The molecule has 0 unspecified atom stereocenters. The molecule has 4 heterocycles. The van der Waals surface area contributed by atoms with E-state index in [4.69, 9.17) is 21.7 Å². The maximum absolute atomic E-state index is 5.98. The lowest BCUT2D eigenvalue weighted by atomic mass is 9.92. The normalized spacial score (nSPS) is 15.6. The Balaban J connectivity index is 1.29. The molecule has 0 atom stereocenters. The molecule has 1 saturated heterocycles. The minimum Gasteiger partial charge on any atom is -0.347 e. The second-order valence-electron chi connectivity index (χ2n) is 7.14. The van der Waals surface area contributed by atoms with E-state index in [1.165, 1.54) is 5.56 Å². The zero-order valence-electron chi connectivity index (χ0n) is 15.6. The quantitative estimate of drug-likeness (QED) is 0.487. The highest BCUT2D eigenvalue weighted by Crippen LogP contribution is 2.33. The smallest absolute Gasteiger partial charge is 0.214 e. The van der Waals surface area contributed by atoms with Gasteiger partial charge < -0.3 is 4.90 Å². The zero-order valence-corrected chi connectivity index (χ0v) is 17.2. The highest BCUT2D eigenvalue weighted by molar-refractivity contribution is 7.20. The van der Waals surface area contributed by atoms with Crippen LogP contribution < -0.4 is 4.90 Å². The van der Waals surface area contributed by atoms with Crippen LogP contribution in [-0.2, 0) is 6.54 Å². The van der Waals surface area contributed by atoms with Gasteiger partial charge in [-0.3, -0.25) is 4.68 Å². The van der Waals surface area contributed by atoms with Crippen molar-refractivity contribution in [3.8, 4) is 11.3 Å². The van der Waals surface area contributed by atoms with Crippen LogP contribution in [0.2, 0.25) is 5.02 Å². The Morgan fingerprint density at radius 2 is 1.93 bits per heavy atom. The predicted molar refractivity (Wildman–Crippen MR) is 113 cm³/mol. The van der Waals surface area contributed by atoms with Crippen LogP contribution in [0.4, 0.5) is 5.13 Å². The van der Waals surface area contributed by atoms with Gasteiger partial charge in [0.15, 0.2) is 0 Å². The molecule has 28 heavy (non-hydrogen) atoms. The molecule has 0 saturated carbocycles. The zero-order chi connectivity index (χ0) is 19.1. The third-order valence-corrected chi connectivity index (χ3v) is 6.62. The van der Waals surface area contributed by atoms with Crippen LogP contribution in [0.5, 0.6) is 0 Å². The summed E-state index contributed by atoms with van der Waals surface area (Å²) < 4.78 is 3.90. The van der Waals surface area contributed by atoms with E-state index in [-0.39, 0.29) is 0 Å². The summed E-state index contributed by atoms with van der Waals surface area (Å²) in [7, 11) is 0. The number of halogens is 1. The van der Waals surface area contributed by atoms with Gasteiger partial charge in [0.25, 0.3) is 0 Å². The first-order valence-electron chi connectivity index (χ1n) is 9.59. The second kappa shape index (κ2) is 7.22. The SMILES string of the molecule is CCn1cc(C2CCN(c3nn4cc(-c5ccc(Cl)cc5)nc4s3)CC2)cn1. The van der Waals surface area contributed by atoms with Crippen LogP contribution in [0.15, 0.2) is 42.9 Å². The van der Waals surface area contributed by atoms with E-state index >= 15 is 0 Å². The lowest BCUT2D eigenvalue weighted by Crippen LogP contribution is -2.32. The molecule has 1 aromatic carbocycles. The highest BCUT2D eigenvalue weighted by atomic mass is 35.5. The molecular weight excluding hydrogens is 392 g/mol. The molecule has 8 heteroatoms. The number of aryl methyl sites for hydroxylation is 1. The van der Waals surface area contributed by atoms with Gasteiger partial charge in [0.1, 0.15) is 0 Å². The third kappa shape index (κ3) is 3.29. The van der Waals surface area contributed by atoms with Crippen LogP contribution in [0.3, 0.4) is 0 Å². The third-order valence-electron chi connectivity index (χ3n) is 5.39. The van der Waals surface area contributed by atoms with Crippen molar-refractivity contribution in [1.82, 2.24) is 24.4 Å². The molecule has 0 N–H and O–H groups in total. The molecule has 0 bridgehead atoms. The summed E-state index contributed by atoms with van der Waals surface area (Å²) in [6.45, 7) is 5.08. The van der Waals surface area contributed by atoms with Gasteiger partial charge in [0.2, 0.25) is 10.1 Å². The first-order chi connectivity index (χ1) is 13.7. The summed E-state index contributed by atoms with van der Waals surface area (Å²) in [4.78, 5) is 8.04. The number of hydrogen-bond donors (Lipinski definition) is 0. The summed E-state index contributed by atoms with van der Waals surface area (Å²) in [6, 6.07) is 7.75. The number of benzene rings is 1. The maximum atomic E-state index is 5.98. The lowest BCUT2D eigenvalue weighted by Gasteiger charge is -2.30. The minimum atomic E-state index is 0.595. The number of rotatable bonds is 4. The van der Waals surface area contributed by atoms with Gasteiger partial charge in [-0.1, -0.05) is 35.1 Å². The van der Waals surface area contributed by atoms with Crippen molar-refractivity contribution < 1.29 is 0 Å². The molecule has 1 aliphatic rings. The Morgan fingerprint density at radius 1 is 1.14 bits per heavy atom. The topological polar surface area (TPSA) is 51.2 Å². The van der Waals surface area contributed by atoms with Crippen LogP contribution in [-0.4, -0.2) is 37.5 Å². The highest BCUT2D eigenvalue weighted by Gasteiger charge is 2.24. The Hall–Kier alpha value is -2.38. The van der Waals surface area contributed by atoms with Crippen LogP contribution in [0, 0.1) is 0 Å². The average molecular weight is 413 g/mol. The Bertz CT molecular complexity index is 1060. The number of nitrogens with zero attached hydrogens (tertiary/aromatic N) is 6. The van der Waals surface area contributed by atoms with E-state index in [2.05, 4.69) is 23.1 Å². The van der Waals surface area contributed by atoms with Crippen molar-refractivity contribution in [3.63, 3.8) is 0 Å². The Labute approximate surface area is 172 Å². The fourth-order valence-corrected chi connectivity index (χ4v) is 4.81. The van der Waals surface area contributed by atoms with E-state index in [0.717, 1.165) is 58.8 Å². The summed E-state index contributed by atoms with van der Waals surface area (Å²) in [5.74, 6) is 0.595. The van der Waals surface area contributed by atoms with Crippen LogP contribution in [0.1, 0.15) is 31.2 Å². The molecule has 0 amide bonds. The number of piperidine rings is 1. The first-order valence-corrected chi connectivity index (χ1v) is 10.8. The molecule has 0 spiro atoms. The summed E-state index contributed by atoms with van der Waals surface area (Å²) in [5.41, 5.74) is 3.34. The van der Waals surface area contributed by atoms with Gasteiger partial charge in [0.05, 0.1) is 18.1 Å². The number of fused-ring (bicyclic) bond motifs is 1. The Morgan fingerprint density at radius 3 is 2.61 bits per heavy atom. The van der Waals surface area contributed by atoms with Gasteiger partial charge in [-0.05, 0) is 43.4 Å². The van der Waals surface area contributed by atoms with E-state index in [1.807, 2.05) is 45.9 Å². The van der Waals surface area contributed by atoms with Gasteiger partial charge in [-0.15, -0.1) is 5.10 Å². The molecule has 0 aliphatic carbocycles. The molecule has 144 valence electrons. The largest absolute Gasteiger partial charge is 0.347 e. The van der Waals surface area contributed by atoms with E-state index in [9.17, 15) is 0 Å². The van der Waals surface area contributed by atoms with Crippen molar-refractivity contribution in [2.45, 2.75) is 32.2 Å². The van der Waals surface area contributed by atoms with Crippen molar-refractivity contribution in [1.29, 1.82) is 0 Å². The maximum Gasteiger partial charge on any atom is 0.214 e. The monoisotopic (exact) mass is 412 g/mol. The summed E-state index contributed by atoms with van der Waals surface area (Å²) >= 11 is 7.63. The molecule has 5 rings (SSSR count). The fourth-order valence-electron chi connectivity index (χ4n) is 3.74. The molecule has 1 aliphatic heterocycles. The van der Waals surface area contributed by atoms with Gasteiger partial charge >= 0.3 is 0 Å². The van der Waals surface area contributed by atoms with Gasteiger partial charge in [0, 0.05) is 36.4 Å². The standard InChI is InChI=1S/C20H21ClN6S/c1-2-26-12-16(11-22-26)14-7-9-25(10-8-14)20-24-27-13-18(23-19(27)28-20)15-3-5-17(21)6-4-15/h3-6,11-14H,2,7-10H2,1H3. The van der Waals surface area contributed by atoms with Crippen molar-refractivity contribution >= 4 is 33.0 Å². The van der Waals surface area contributed by atoms with Crippen LogP contribution in [0.25, 0.3) is 16.2 Å². The number of aromatic nitrogens is 5. The van der Waals surface area contributed by atoms with Gasteiger partial charge in [-0.25, -0.2) is 9.50 Å². The van der Waals surface area contributed by atoms with Crippen molar-refractivity contribution in [2.24, 2.45) is 0 Å². The summed E-state index contributed by atoms with van der Waals surface area (Å²) in [6.07, 6.45) is 8.47. The Kier molecular flexibility index (Phi) is 4.56. The lowest BCUT2D eigenvalue weighted by molar-refractivity contribution is 0.503. The van der Waals surface area contributed by atoms with E-state index in [0.29, 0.717) is 5.92 Å². The van der Waals surface area contributed by atoms with Crippen LogP contribution >= 0.6 is 22.9 Å². The molecule has 0 radical (unpaired) electrons. The molecule has 6 nitrogen and oxygen atoms in total. The van der Waals surface area contributed by atoms with Crippen molar-refractivity contribution in [3.05, 3.63) is 53.4 Å². The minimum absolute atomic E-state index is 0.595. The number of imidazole rings is 1. The second-order valence-corrected chi connectivity index (χ2v) is 8.51. The fraction of sp³-hybridized carbons (Fsp3) is 0.350. The molecule has 4 aromatic rings.